The largest absolute Gasteiger partial charge is 0.497 e. The first-order chi connectivity index (χ1) is 14.1. The van der Waals surface area contributed by atoms with Crippen molar-refractivity contribution in [2.45, 2.75) is 31.4 Å². The fourth-order valence-electron chi connectivity index (χ4n) is 3.21. The van der Waals surface area contributed by atoms with Crippen molar-refractivity contribution in [1.82, 2.24) is 0 Å². The molecule has 0 amide bonds. The molecule has 0 aliphatic rings. The Morgan fingerprint density at radius 2 is 1.45 bits per heavy atom. The van der Waals surface area contributed by atoms with Crippen molar-refractivity contribution >= 4 is 0 Å². The van der Waals surface area contributed by atoms with Crippen molar-refractivity contribution in [3.05, 3.63) is 90.0 Å². The van der Waals surface area contributed by atoms with Gasteiger partial charge in [-0.1, -0.05) is 42.5 Å². The van der Waals surface area contributed by atoms with E-state index in [1.165, 1.54) is 19.2 Å². The lowest BCUT2D eigenvalue weighted by Gasteiger charge is -2.21. The number of rotatable bonds is 9. The molecule has 2 unspecified atom stereocenters. The standard InChI is InChI=1S/C24H23F3O2/c1-28-19-13-11-18(12-14-19)23(24(26)27)22(25)15-10-17-6-5-9-21(16-17)29-20-7-3-2-4-8-20/h2-9,11-14,16,22-24H,10,15H2,1H3. The van der Waals surface area contributed by atoms with E-state index in [0.717, 1.165) is 5.56 Å². The van der Waals surface area contributed by atoms with Crippen molar-refractivity contribution in [2.75, 3.05) is 7.11 Å². The molecule has 0 saturated carbocycles. The lowest BCUT2D eigenvalue weighted by atomic mass is 9.91. The van der Waals surface area contributed by atoms with Crippen LogP contribution in [0.3, 0.4) is 0 Å². The van der Waals surface area contributed by atoms with Crippen LogP contribution in [0.5, 0.6) is 17.2 Å². The zero-order chi connectivity index (χ0) is 20.6. The molecule has 29 heavy (non-hydrogen) atoms. The van der Waals surface area contributed by atoms with Crippen molar-refractivity contribution in [3.63, 3.8) is 0 Å². The summed E-state index contributed by atoms with van der Waals surface area (Å²) in [4.78, 5) is 0. The molecule has 0 spiro atoms. The van der Waals surface area contributed by atoms with Gasteiger partial charge in [-0.3, -0.25) is 0 Å². The van der Waals surface area contributed by atoms with Crippen LogP contribution < -0.4 is 9.47 Å². The van der Waals surface area contributed by atoms with E-state index in [4.69, 9.17) is 9.47 Å². The molecule has 0 heterocycles. The molecule has 0 aromatic heterocycles. The molecular weight excluding hydrogens is 377 g/mol. The molecule has 3 rings (SSSR count). The van der Waals surface area contributed by atoms with Gasteiger partial charge in [-0.05, 0) is 60.4 Å². The molecule has 0 saturated heterocycles. The average Bonchev–Trinajstić information content (AvgIpc) is 2.74. The molecule has 2 atom stereocenters. The molecule has 0 N–H and O–H groups in total. The molecule has 5 heteroatoms. The van der Waals surface area contributed by atoms with Crippen molar-refractivity contribution in [2.24, 2.45) is 0 Å². The third-order valence-electron chi connectivity index (χ3n) is 4.75. The topological polar surface area (TPSA) is 18.5 Å². The molecule has 0 fully saturated rings. The summed E-state index contributed by atoms with van der Waals surface area (Å²) in [5.41, 5.74) is 1.11. The zero-order valence-electron chi connectivity index (χ0n) is 16.1. The Balaban J connectivity index is 1.65. The maximum atomic E-state index is 14.8. The summed E-state index contributed by atoms with van der Waals surface area (Å²) < 4.78 is 52.7. The fraction of sp³-hybridized carbons (Fsp3) is 0.250. The number of benzene rings is 3. The second-order valence-corrected chi connectivity index (χ2v) is 6.75. The highest BCUT2D eigenvalue weighted by atomic mass is 19.3. The van der Waals surface area contributed by atoms with Crippen LogP contribution in [0.1, 0.15) is 23.5 Å². The summed E-state index contributed by atoms with van der Waals surface area (Å²) >= 11 is 0. The normalized spacial score (nSPS) is 13.1. The maximum Gasteiger partial charge on any atom is 0.248 e. The highest BCUT2D eigenvalue weighted by Crippen LogP contribution is 2.33. The van der Waals surface area contributed by atoms with Crippen molar-refractivity contribution in [3.8, 4) is 17.2 Å². The Hall–Kier alpha value is -2.95. The number of methoxy groups -OCH3 is 1. The summed E-state index contributed by atoms with van der Waals surface area (Å²) in [6, 6.07) is 22.7. The number of hydrogen-bond acceptors (Lipinski definition) is 2. The van der Waals surface area contributed by atoms with Crippen LogP contribution in [0.25, 0.3) is 0 Å². The van der Waals surface area contributed by atoms with E-state index >= 15 is 0 Å². The van der Waals surface area contributed by atoms with Crippen molar-refractivity contribution in [1.29, 1.82) is 0 Å². The predicted octanol–water partition coefficient (Wildman–Crippen LogP) is 6.81. The van der Waals surface area contributed by atoms with Gasteiger partial charge >= 0.3 is 0 Å². The van der Waals surface area contributed by atoms with Crippen LogP contribution in [0.15, 0.2) is 78.9 Å². The highest BCUT2D eigenvalue weighted by Gasteiger charge is 2.31. The van der Waals surface area contributed by atoms with Crippen LogP contribution in [0, 0.1) is 0 Å². The zero-order valence-corrected chi connectivity index (χ0v) is 16.1. The first-order valence-corrected chi connectivity index (χ1v) is 9.45. The van der Waals surface area contributed by atoms with Gasteiger partial charge in [-0.25, -0.2) is 13.2 Å². The number of para-hydroxylation sites is 1. The van der Waals surface area contributed by atoms with E-state index in [9.17, 15) is 13.2 Å². The number of halogens is 3. The van der Waals surface area contributed by atoms with Gasteiger partial charge in [0.2, 0.25) is 6.43 Å². The van der Waals surface area contributed by atoms with Gasteiger partial charge in [-0.2, -0.15) is 0 Å². The van der Waals surface area contributed by atoms with Crippen LogP contribution >= 0.6 is 0 Å². The van der Waals surface area contributed by atoms with Crippen LogP contribution in [-0.4, -0.2) is 19.7 Å². The highest BCUT2D eigenvalue weighted by molar-refractivity contribution is 5.34. The van der Waals surface area contributed by atoms with Crippen LogP contribution in [0.4, 0.5) is 13.2 Å². The minimum absolute atomic E-state index is 0.00414. The minimum Gasteiger partial charge on any atom is -0.497 e. The smallest absolute Gasteiger partial charge is 0.248 e. The van der Waals surface area contributed by atoms with Crippen LogP contribution in [0.2, 0.25) is 0 Å². The van der Waals surface area contributed by atoms with E-state index in [0.29, 0.717) is 23.7 Å². The SMILES string of the molecule is COc1ccc(C(C(F)F)C(F)CCc2cccc(Oc3ccccc3)c2)cc1. The number of alkyl halides is 3. The Bertz CT molecular complexity index is 882. The molecule has 0 bridgehead atoms. The lowest BCUT2D eigenvalue weighted by molar-refractivity contribution is 0.0681. The summed E-state index contributed by atoms with van der Waals surface area (Å²) in [5.74, 6) is 0.409. The van der Waals surface area contributed by atoms with E-state index in [2.05, 4.69) is 0 Å². The third kappa shape index (κ3) is 5.76. The molecule has 152 valence electrons. The average molecular weight is 400 g/mol. The molecule has 0 aliphatic carbocycles. The molecule has 3 aromatic rings. The first kappa shape index (κ1) is 20.8. The van der Waals surface area contributed by atoms with Crippen LogP contribution in [-0.2, 0) is 6.42 Å². The quantitative estimate of drug-likeness (QED) is 0.393. The predicted molar refractivity (Wildman–Crippen MR) is 108 cm³/mol. The maximum absolute atomic E-state index is 14.8. The summed E-state index contributed by atoms with van der Waals surface area (Å²) in [5, 5.41) is 0. The van der Waals surface area contributed by atoms with Gasteiger partial charge in [0.05, 0.1) is 13.0 Å². The molecule has 2 nitrogen and oxygen atoms in total. The molecular formula is C24H23F3O2. The van der Waals surface area contributed by atoms with E-state index in [1.54, 1.807) is 12.1 Å². The van der Waals surface area contributed by atoms with Gasteiger partial charge in [0.1, 0.15) is 23.4 Å². The molecule has 0 radical (unpaired) electrons. The van der Waals surface area contributed by atoms with E-state index < -0.39 is 18.5 Å². The Kier molecular flexibility index (Phi) is 7.17. The fourth-order valence-corrected chi connectivity index (χ4v) is 3.21. The Morgan fingerprint density at radius 3 is 2.10 bits per heavy atom. The number of aryl methyl sites for hydroxylation is 1. The number of hydrogen-bond donors (Lipinski definition) is 0. The minimum atomic E-state index is -2.79. The molecule has 0 aliphatic heterocycles. The molecule has 3 aromatic carbocycles. The van der Waals surface area contributed by atoms with Gasteiger partial charge in [-0.15, -0.1) is 0 Å². The lowest BCUT2D eigenvalue weighted by Crippen LogP contribution is -2.22. The second-order valence-electron chi connectivity index (χ2n) is 6.75. The number of ether oxygens (including phenoxy) is 2. The monoisotopic (exact) mass is 400 g/mol. The Labute approximate surface area is 168 Å². The summed E-state index contributed by atoms with van der Waals surface area (Å²) in [7, 11) is 1.49. The van der Waals surface area contributed by atoms with Gasteiger partial charge in [0.15, 0.2) is 0 Å². The van der Waals surface area contributed by atoms with Crippen molar-refractivity contribution < 1.29 is 22.6 Å². The summed E-state index contributed by atoms with van der Waals surface area (Å²) in [6.45, 7) is 0. The van der Waals surface area contributed by atoms with Gasteiger partial charge < -0.3 is 9.47 Å². The third-order valence-corrected chi connectivity index (χ3v) is 4.75. The summed E-state index contributed by atoms with van der Waals surface area (Å²) in [6.07, 6.45) is -4.12. The van der Waals surface area contributed by atoms with E-state index in [-0.39, 0.29) is 12.0 Å². The van der Waals surface area contributed by atoms with E-state index in [1.807, 2.05) is 54.6 Å². The second kappa shape index (κ2) is 10.0. The van der Waals surface area contributed by atoms with Gasteiger partial charge in [0.25, 0.3) is 0 Å². The first-order valence-electron chi connectivity index (χ1n) is 9.45. The Morgan fingerprint density at radius 1 is 0.759 bits per heavy atom. The van der Waals surface area contributed by atoms with Gasteiger partial charge in [0, 0.05) is 0 Å².